The highest BCUT2D eigenvalue weighted by Gasteiger charge is 2.46. The van der Waals surface area contributed by atoms with Crippen LogP contribution in [0.3, 0.4) is 0 Å². The zero-order valence-electron chi connectivity index (χ0n) is 20.5. The molecule has 2 aromatic rings. The Hall–Kier alpha value is -3.52. The fraction of sp³-hybridized carbons (Fsp3) is 0.385. The highest BCUT2D eigenvalue weighted by atomic mass is 16.5. The molecule has 1 N–H and O–H groups in total. The molecule has 0 aromatic heterocycles. The average Bonchev–Trinajstić information content (AvgIpc) is 3.07. The third kappa shape index (κ3) is 4.87. The van der Waals surface area contributed by atoms with Gasteiger partial charge < -0.3 is 29.1 Å². The minimum atomic E-state index is -0.760. The van der Waals surface area contributed by atoms with E-state index in [1.165, 1.54) is 19.1 Å². The van der Waals surface area contributed by atoms with E-state index >= 15 is 0 Å². The Kier molecular flexibility index (Phi) is 7.83. The summed E-state index contributed by atoms with van der Waals surface area (Å²) in [5.41, 5.74) is 1.93. The van der Waals surface area contributed by atoms with Crippen molar-refractivity contribution in [1.82, 2.24) is 9.80 Å². The lowest BCUT2D eigenvalue weighted by Crippen LogP contribution is -2.32. The number of methoxy groups -OCH3 is 3. The van der Waals surface area contributed by atoms with E-state index in [1.807, 2.05) is 25.9 Å². The fourth-order valence-electron chi connectivity index (χ4n) is 4.22. The summed E-state index contributed by atoms with van der Waals surface area (Å²) in [5.74, 6) is 0.0952. The molecule has 34 heavy (non-hydrogen) atoms. The first-order valence-electron chi connectivity index (χ1n) is 11.0. The molecule has 1 heterocycles. The monoisotopic (exact) mass is 468 g/mol. The van der Waals surface area contributed by atoms with Crippen molar-refractivity contribution in [1.29, 1.82) is 0 Å². The van der Waals surface area contributed by atoms with Gasteiger partial charge in [-0.25, -0.2) is 0 Å². The number of carbonyl (C=O) groups is 2. The van der Waals surface area contributed by atoms with Gasteiger partial charge >= 0.3 is 0 Å². The van der Waals surface area contributed by atoms with Crippen molar-refractivity contribution in [2.75, 3.05) is 48.5 Å². The number of Topliss-reactive ketones (excluding diaryl/α,β-unsaturated/α-hetero) is 1. The summed E-state index contributed by atoms with van der Waals surface area (Å²) in [7, 11) is 8.53. The second-order valence-electron chi connectivity index (χ2n) is 8.45. The third-order valence-corrected chi connectivity index (χ3v) is 5.94. The van der Waals surface area contributed by atoms with Crippen molar-refractivity contribution in [2.24, 2.45) is 0 Å². The Morgan fingerprint density at radius 1 is 0.971 bits per heavy atom. The van der Waals surface area contributed by atoms with Crippen LogP contribution in [0.4, 0.5) is 0 Å². The molecular formula is C26H32N2O6. The minimum absolute atomic E-state index is 0.0478. The van der Waals surface area contributed by atoms with Crippen molar-refractivity contribution in [2.45, 2.75) is 19.4 Å². The zero-order chi connectivity index (χ0) is 25.0. The van der Waals surface area contributed by atoms with Crippen LogP contribution in [0.25, 0.3) is 5.76 Å². The minimum Gasteiger partial charge on any atom is -0.507 e. The molecule has 0 unspecified atom stereocenters. The Labute approximate surface area is 200 Å². The molecule has 3 rings (SSSR count). The molecule has 0 aliphatic carbocycles. The van der Waals surface area contributed by atoms with Crippen molar-refractivity contribution in [3.63, 3.8) is 0 Å². The van der Waals surface area contributed by atoms with Crippen LogP contribution < -0.4 is 14.2 Å². The molecule has 1 aliphatic heterocycles. The van der Waals surface area contributed by atoms with E-state index in [0.717, 1.165) is 12.1 Å². The summed E-state index contributed by atoms with van der Waals surface area (Å²) in [5, 5.41) is 11.3. The molecular weight excluding hydrogens is 436 g/mol. The Balaban J connectivity index is 2.16. The highest BCUT2D eigenvalue weighted by molar-refractivity contribution is 6.46. The van der Waals surface area contributed by atoms with Gasteiger partial charge in [-0.2, -0.15) is 0 Å². The summed E-state index contributed by atoms with van der Waals surface area (Å²) in [6, 6.07) is 9.62. The van der Waals surface area contributed by atoms with Crippen LogP contribution in [0.2, 0.25) is 0 Å². The van der Waals surface area contributed by atoms with Crippen molar-refractivity contribution in [3.05, 3.63) is 58.7 Å². The van der Waals surface area contributed by atoms with Gasteiger partial charge in [0.25, 0.3) is 11.7 Å². The molecule has 8 heteroatoms. The number of hydrogen-bond donors (Lipinski definition) is 1. The number of nitrogens with zero attached hydrogens (tertiary/aromatic N) is 2. The van der Waals surface area contributed by atoms with E-state index in [9.17, 15) is 14.7 Å². The topological polar surface area (TPSA) is 88.5 Å². The number of aryl methyl sites for hydroxylation is 1. The van der Waals surface area contributed by atoms with Crippen LogP contribution in [-0.4, -0.2) is 75.1 Å². The highest BCUT2D eigenvalue weighted by Crippen LogP contribution is 2.42. The van der Waals surface area contributed by atoms with E-state index < -0.39 is 17.7 Å². The molecule has 0 bridgehead atoms. The van der Waals surface area contributed by atoms with Gasteiger partial charge in [0.15, 0.2) is 11.5 Å². The van der Waals surface area contributed by atoms with Gasteiger partial charge in [0.2, 0.25) is 0 Å². The molecule has 182 valence electrons. The lowest BCUT2D eigenvalue weighted by Gasteiger charge is -2.26. The number of carbonyl (C=O) groups excluding carboxylic acids is 2. The van der Waals surface area contributed by atoms with Gasteiger partial charge in [0.1, 0.15) is 11.5 Å². The number of benzene rings is 2. The number of hydrogen-bond acceptors (Lipinski definition) is 7. The number of amides is 1. The van der Waals surface area contributed by atoms with Crippen LogP contribution in [0, 0.1) is 6.92 Å². The number of aliphatic hydroxyl groups excluding tert-OH is 1. The second kappa shape index (κ2) is 10.6. The maximum absolute atomic E-state index is 13.2. The maximum atomic E-state index is 13.2. The maximum Gasteiger partial charge on any atom is 0.295 e. The quantitative estimate of drug-likeness (QED) is 0.343. The van der Waals surface area contributed by atoms with E-state index in [2.05, 4.69) is 0 Å². The number of rotatable bonds is 9. The molecule has 1 atom stereocenters. The smallest absolute Gasteiger partial charge is 0.295 e. The predicted molar refractivity (Wildman–Crippen MR) is 129 cm³/mol. The SMILES string of the molecule is COc1ccc(C(O)=C2C(=O)C(=O)N(CCCN(C)C)[C@H]2c2ccc(OC)c(OC)c2)cc1C. The lowest BCUT2D eigenvalue weighted by atomic mass is 9.94. The van der Waals surface area contributed by atoms with E-state index in [4.69, 9.17) is 14.2 Å². The van der Waals surface area contributed by atoms with E-state index in [-0.39, 0.29) is 11.3 Å². The van der Waals surface area contributed by atoms with Crippen molar-refractivity contribution in [3.8, 4) is 17.2 Å². The normalized spacial score (nSPS) is 17.4. The number of likely N-dealkylation sites (tertiary alicyclic amines) is 1. The van der Waals surface area contributed by atoms with E-state index in [1.54, 1.807) is 43.5 Å². The summed E-state index contributed by atoms with van der Waals surface area (Å²) in [6.45, 7) is 2.96. The number of aliphatic hydroxyl groups is 1. The molecule has 2 aromatic carbocycles. The lowest BCUT2D eigenvalue weighted by molar-refractivity contribution is -0.139. The molecule has 1 amide bonds. The summed E-state index contributed by atoms with van der Waals surface area (Å²) in [4.78, 5) is 29.8. The standard InChI is InChI=1S/C26H32N2O6/c1-16-14-18(9-10-19(16)32-4)24(29)22-23(17-8-11-20(33-5)21(15-17)34-6)28(26(31)25(22)30)13-7-12-27(2)3/h8-11,14-15,23,29H,7,12-13H2,1-6H3/t23-/m0/s1. The van der Waals surface area contributed by atoms with Crippen LogP contribution in [0.15, 0.2) is 42.0 Å². The average molecular weight is 469 g/mol. The first kappa shape index (κ1) is 25.1. The van der Waals surface area contributed by atoms with Gasteiger partial charge in [0, 0.05) is 12.1 Å². The molecule has 8 nitrogen and oxygen atoms in total. The van der Waals surface area contributed by atoms with Crippen molar-refractivity contribution < 1.29 is 28.9 Å². The Morgan fingerprint density at radius 3 is 2.21 bits per heavy atom. The second-order valence-corrected chi connectivity index (χ2v) is 8.45. The molecule has 0 saturated carbocycles. The summed E-state index contributed by atoms with van der Waals surface area (Å²) in [6.07, 6.45) is 0.672. The molecule has 1 saturated heterocycles. The molecule has 0 radical (unpaired) electrons. The van der Waals surface area contributed by atoms with Gasteiger partial charge in [0.05, 0.1) is 32.9 Å². The summed E-state index contributed by atoms with van der Waals surface area (Å²) >= 11 is 0. The van der Waals surface area contributed by atoms with E-state index in [0.29, 0.717) is 41.3 Å². The van der Waals surface area contributed by atoms with Crippen molar-refractivity contribution >= 4 is 17.4 Å². The first-order valence-corrected chi connectivity index (χ1v) is 11.0. The van der Waals surface area contributed by atoms with Crippen LogP contribution in [0.5, 0.6) is 17.2 Å². The zero-order valence-corrected chi connectivity index (χ0v) is 20.5. The first-order chi connectivity index (χ1) is 16.2. The van der Waals surface area contributed by atoms with Crippen LogP contribution in [0.1, 0.15) is 29.2 Å². The number of ether oxygens (including phenoxy) is 3. The third-order valence-electron chi connectivity index (χ3n) is 5.94. The van der Waals surface area contributed by atoms with Gasteiger partial charge in [-0.05, 0) is 75.4 Å². The Morgan fingerprint density at radius 2 is 1.62 bits per heavy atom. The molecule has 1 aliphatic rings. The van der Waals surface area contributed by atoms with Gasteiger partial charge in [-0.15, -0.1) is 0 Å². The largest absolute Gasteiger partial charge is 0.507 e. The van der Waals surface area contributed by atoms with Crippen LogP contribution in [-0.2, 0) is 9.59 Å². The molecule has 1 fully saturated rings. The van der Waals surface area contributed by atoms with Crippen LogP contribution >= 0.6 is 0 Å². The predicted octanol–water partition coefficient (Wildman–Crippen LogP) is 3.39. The fourth-order valence-corrected chi connectivity index (χ4v) is 4.22. The summed E-state index contributed by atoms with van der Waals surface area (Å²) < 4.78 is 16.1. The van der Waals surface area contributed by atoms with Gasteiger partial charge in [-0.1, -0.05) is 6.07 Å². The number of ketones is 1. The Bertz CT molecular complexity index is 1110. The van der Waals surface area contributed by atoms with Gasteiger partial charge in [-0.3, -0.25) is 9.59 Å². The molecule has 0 spiro atoms.